The highest BCUT2D eigenvalue weighted by atomic mass is 16.5. The zero-order valence-electron chi connectivity index (χ0n) is 9.79. The van der Waals surface area contributed by atoms with Gasteiger partial charge in [0.2, 0.25) is 0 Å². The lowest BCUT2D eigenvalue weighted by Gasteiger charge is -2.13. The van der Waals surface area contributed by atoms with Crippen LogP contribution in [0, 0.1) is 0 Å². The number of nitrogens with one attached hydrogen (secondary N) is 1. The zero-order chi connectivity index (χ0) is 12.1. The molecule has 0 spiro atoms. The Hall–Kier alpha value is -1.91. The van der Waals surface area contributed by atoms with Crippen molar-refractivity contribution in [1.82, 2.24) is 0 Å². The Balaban J connectivity index is 3.31. The van der Waals surface area contributed by atoms with Crippen molar-refractivity contribution in [1.29, 1.82) is 0 Å². The van der Waals surface area contributed by atoms with Gasteiger partial charge in [-0.25, -0.2) is 4.79 Å². The van der Waals surface area contributed by atoms with E-state index in [1.165, 1.54) is 21.3 Å². The molecule has 0 heterocycles. The highest BCUT2D eigenvalue weighted by Crippen LogP contribution is 2.33. The third kappa shape index (κ3) is 2.18. The highest BCUT2D eigenvalue weighted by Gasteiger charge is 2.16. The van der Waals surface area contributed by atoms with Crippen molar-refractivity contribution in [3.63, 3.8) is 0 Å². The minimum Gasteiger partial charge on any atom is -0.493 e. The maximum atomic E-state index is 11.5. The van der Waals surface area contributed by atoms with Crippen LogP contribution in [-0.4, -0.2) is 34.3 Å². The smallest absolute Gasteiger partial charge is 0.340 e. The molecule has 0 unspecified atom stereocenters. The number of rotatable bonds is 4. The Morgan fingerprint density at radius 3 is 2.12 bits per heavy atom. The van der Waals surface area contributed by atoms with E-state index in [2.05, 4.69) is 10.1 Å². The number of esters is 1. The summed E-state index contributed by atoms with van der Waals surface area (Å²) in [4.78, 5) is 11.5. The van der Waals surface area contributed by atoms with Gasteiger partial charge in [-0.05, 0) is 0 Å². The number of ether oxygens (including phenoxy) is 3. The second kappa shape index (κ2) is 5.25. The van der Waals surface area contributed by atoms with E-state index in [0.717, 1.165) is 0 Å². The van der Waals surface area contributed by atoms with E-state index >= 15 is 0 Å². The number of carbonyl (C=O) groups is 1. The van der Waals surface area contributed by atoms with Crippen LogP contribution in [0.1, 0.15) is 10.4 Å². The molecule has 0 amide bonds. The molecule has 0 bridgehead atoms. The maximum Gasteiger partial charge on any atom is 0.340 e. The summed E-state index contributed by atoms with van der Waals surface area (Å²) in [6.45, 7) is 0. The third-order valence-corrected chi connectivity index (χ3v) is 2.20. The van der Waals surface area contributed by atoms with Crippen molar-refractivity contribution in [3.05, 3.63) is 17.7 Å². The topological polar surface area (TPSA) is 56.8 Å². The summed E-state index contributed by atoms with van der Waals surface area (Å²) < 4.78 is 14.9. The lowest BCUT2D eigenvalue weighted by atomic mass is 10.1. The summed E-state index contributed by atoms with van der Waals surface area (Å²) in [5.74, 6) is 0.617. The highest BCUT2D eigenvalue weighted by molar-refractivity contribution is 5.96. The van der Waals surface area contributed by atoms with Gasteiger partial charge in [0, 0.05) is 19.2 Å². The Labute approximate surface area is 94.3 Å². The van der Waals surface area contributed by atoms with Gasteiger partial charge in [0.1, 0.15) is 0 Å². The quantitative estimate of drug-likeness (QED) is 0.787. The molecule has 1 aromatic carbocycles. The van der Waals surface area contributed by atoms with E-state index in [4.69, 9.17) is 9.47 Å². The van der Waals surface area contributed by atoms with E-state index in [0.29, 0.717) is 22.7 Å². The molecule has 0 radical (unpaired) electrons. The fraction of sp³-hybridized carbons (Fsp3) is 0.364. The van der Waals surface area contributed by atoms with Gasteiger partial charge >= 0.3 is 5.97 Å². The second-order valence-corrected chi connectivity index (χ2v) is 2.99. The Kier molecular flexibility index (Phi) is 3.99. The van der Waals surface area contributed by atoms with Crippen molar-refractivity contribution >= 4 is 11.7 Å². The van der Waals surface area contributed by atoms with Gasteiger partial charge in [0.15, 0.2) is 11.5 Å². The van der Waals surface area contributed by atoms with E-state index in [1.54, 1.807) is 19.2 Å². The van der Waals surface area contributed by atoms with Crippen LogP contribution >= 0.6 is 0 Å². The predicted octanol–water partition coefficient (Wildman–Crippen LogP) is 1.53. The minimum absolute atomic E-state index is 0.405. The molecule has 88 valence electrons. The summed E-state index contributed by atoms with van der Waals surface area (Å²) in [5, 5.41) is 2.90. The molecule has 0 saturated heterocycles. The standard InChI is InChI=1S/C11H15NO4/c1-12-8-6-10(15-3)9(14-2)5-7(8)11(13)16-4/h5-6,12H,1-4H3. The summed E-state index contributed by atoms with van der Waals surface area (Å²) in [6, 6.07) is 3.27. The van der Waals surface area contributed by atoms with E-state index < -0.39 is 5.97 Å². The van der Waals surface area contributed by atoms with Crippen molar-refractivity contribution in [2.24, 2.45) is 0 Å². The number of methoxy groups -OCH3 is 3. The van der Waals surface area contributed by atoms with Crippen LogP contribution in [0.3, 0.4) is 0 Å². The summed E-state index contributed by atoms with van der Waals surface area (Å²) in [5.41, 5.74) is 1.03. The molecule has 0 aliphatic rings. The van der Waals surface area contributed by atoms with Gasteiger partial charge in [-0.3, -0.25) is 0 Å². The molecule has 5 heteroatoms. The normalized spacial score (nSPS) is 9.50. The van der Waals surface area contributed by atoms with Gasteiger partial charge in [-0.1, -0.05) is 0 Å². The van der Waals surface area contributed by atoms with Crippen LogP contribution in [0.25, 0.3) is 0 Å². The summed E-state index contributed by atoms with van der Waals surface area (Å²) in [6.07, 6.45) is 0. The van der Waals surface area contributed by atoms with Crippen LogP contribution in [0.4, 0.5) is 5.69 Å². The maximum absolute atomic E-state index is 11.5. The minimum atomic E-state index is -0.426. The molecule has 16 heavy (non-hydrogen) atoms. The molecule has 0 aromatic heterocycles. The lowest BCUT2D eigenvalue weighted by Crippen LogP contribution is -2.07. The first-order chi connectivity index (χ1) is 7.67. The van der Waals surface area contributed by atoms with Crippen molar-refractivity contribution in [2.45, 2.75) is 0 Å². The first-order valence-electron chi connectivity index (χ1n) is 4.70. The lowest BCUT2D eigenvalue weighted by molar-refractivity contribution is 0.0601. The largest absolute Gasteiger partial charge is 0.493 e. The fourth-order valence-corrected chi connectivity index (χ4v) is 1.36. The van der Waals surface area contributed by atoms with Crippen LogP contribution in [0.2, 0.25) is 0 Å². The van der Waals surface area contributed by atoms with Crippen molar-refractivity contribution < 1.29 is 19.0 Å². The first kappa shape index (κ1) is 12.2. The van der Waals surface area contributed by atoms with Crippen molar-refractivity contribution in [2.75, 3.05) is 33.7 Å². The number of benzene rings is 1. The van der Waals surface area contributed by atoms with Crippen LogP contribution in [0.15, 0.2) is 12.1 Å². The molecule has 1 aromatic rings. The van der Waals surface area contributed by atoms with Gasteiger partial charge in [-0.15, -0.1) is 0 Å². The molecule has 1 N–H and O–H groups in total. The molecular formula is C11H15NO4. The van der Waals surface area contributed by atoms with Gasteiger partial charge in [0.25, 0.3) is 0 Å². The third-order valence-electron chi connectivity index (χ3n) is 2.20. The molecular weight excluding hydrogens is 210 g/mol. The van der Waals surface area contributed by atoms with E-state index in [-0.39, 0.29) is 0 Å². The Morgan fingerprint density at radius 2 is 1.69 bits per heavy atom. The molecule has 0 saturated carbocycles. The van der Waals surface area contributed by atoms with Gasteiger partial charge in [-0.2, -0.15) is 0 Å². The van der Waals surface area contributed by atoms with Crippen molar-refractivity contribution in [3.8, 4) is 11.5 Å². The molecule has 0 fully saturated rings. The number of anilines is 1. The number of hydrogen-bond donors (Lipinski definition) is 1. The van der Waals surface area contributed by atoms with E-state index in [1.807, 2.05) is 0 Å². The first-order valence-corrected chi connectivity index (χ1v) is 4.70. The Morgan fingerprint density at radius 1 is 1.12 bits per heavy atom. The van der Waals surface area contributed by atoms with Crippen LogP contribution < -0.4 is 14.8 Å². The molecule has 0 aliphatic heterocycles. The number of carbonyl (C=O) groups excluding carboxylic acids is 1. The zero-order valence-corrected chi connectivity index (χ0v) is 9.79. The molecule has 5 nitrogen and oxygen atoms in total. The number of hydrogen-bond acceptors (Lipinski definition) is 5. The summed E-state index contributed by atoms with van der Waals surface area (Å²) >= 11 is 0. The Bertz CT molecular complexity index is 390. The summed E-state index contributed by atoms with van der Waals surface area (Å²) in [7, 11) is 6.10. The van der Waals surface area contributed by atoms with E-state index in [9.17, 15) is 4.79 Å². The monoisotopic (exact) mass is 225 g/mol. The van der Waals surface area contributed by atoms with Gasteiger partial charge in [0.05, 0.1) is 32.6 Å². The SMILES string of the molecule is CNc1cc(OC)c(OC)cc1C(=O)OC. The van der Waals surface area contributed by atoms with Gasteiger partial charge < -0.3 is 19.5 Å². The average Bonchev–Trinajstić information content (AvgIpc) is 2.35. The van der Waals surface area contributed by atoms with Crippen LogP contribution in [0.5, 0.6) is 11.5 Å². The molecule has 1 rings (SSSR count). The van der Waals surface area contributed by atoms with Crippen LogP contribution in [-0.2, 0) is 4.74 Å². The second-order valence-electron chi connectivity index (χ2n) is 2.99. The molecule has 0 aliphatic carbocycles. The predicted molar refractivity (Wildman–Crippen MR) is 60.4 cm³/mol. The fourth-order valence-electron chi connectivity index (χ4n) is 1.36. The molecule has 0 atom stereocenters. The average molecular weight is 225 g/mol.